The lowest BCUT2D eigenvalue weighted by Crippen LogP contribution is -1.93. The summed E-state index contributed by atoms with van der Waals surface area (Å²) in [4.78, 5) is 0. The maximum absolute atomic E-state index is 5.31. The van der Waals surface area contributed by atoms with E-state index in [2.05, 4.69) is 23.3 Å². The molecule has 2 nitrogen and oxygen atoms in total. The first-order valence-corrected chi connectivity index (χ1v) is 5.20. The molecule has 82 valence electrons. The molecule has 0 radical (unpaired) electrons. The van der Waals surface area contributed by atoms with Crippen LogP contribution in [0.25, 0.3) is 11.8 Å². The Morgan fingerprint density at radius 3 is 2.75 bits per heavy atom. The number of aryl methyl sites for hydroxylation is 1. The molecule has 0 N–H and O–H groups in total. The second-order valence-electron chi connectivity index (χ2n) is 3.71. The number of rotatable bonds is 3. The highest BCUT2D eigenvalue weighted by Crippen LogP contribution is 2.22. The summed E-state index contributed by atoms with van der Waals surface area (Å²) in [6.07, 6.45) is 5.89. The molecule has 2 heteroatoms. The molecule has 0 aliphatic rings. The van der Waals surface area contributed by atoms with E-state index in [-0.39, 0.29) is 0 Å². The molecular formula is C14H15NO. The summed E-state index contributed by atoms with van der Waals surface area (Å²) in [6.45, 7) is 5.78. The van der Waals surface area contributed by atoms with Crippen molar-refractivity contribution in [3.63, 3.8) is 0 Å². The van der Waals surface area contributed by atoms with Gasteiger partial charge in [-0.2, -0.15) is 0 Å². The molecule has 0 fully saturated rings. The highest BCUT2D eigenvalue weighted by atomic mass is 16.5. The van der Waals surface area contributed by atoms with Crippen LogP contribution in [0.3, 0.4) is 0 Å². The van der Waals surface area contributed by atoms with Crippen molar-refractivity contribution in [2.75, 3.05) is 7.11 Å². The van der Waals surface area contributed by atoms with Gasteiger partial charge < -0.3 is 9.30 Å². The fourth-order valence-electron chi connectivity index (χ4n) is 1.66. The van der Waals surface area contributed by atoms with E-state index < -0.39 is 0 Å². The lowest BCUT2D eigenvalue weighted by atomic mass is 10.2. The van der Waals surface area contributed by atoms with Gasteiger partial charge in [0.1, 0.15) is 5.75 Å². The molecule has 2 rings (SSSR count). The molecule has 0 amide bonds. The monoisotopic (exact) mass is 213 g/mol. The van der Waals surface area contributed by atoms with Crippen LogP contribution in [0.1, 0.15) is 11.1 Å². The predicted molar refractivity (Wildman–Crippen MR) is 67.1 cm³/mol. The van der Waals surface area contributed by atoms with E-state index in [1.165, 1.54) is 0 Å². The van der Waals surface area contributed by atoms with E-state index in [0.29, 0.717) is 0 Å². The molecule has 1 aromatic heterocycles. The van der Waals surface area contributed by atoms with Gasteiger partial charge in [-0.05, 0) is 30.2 Å². The van der Waals surface area contributed by atoms with E-state index >= 15 is 0 Å². The molecule has 0 bridgehead atoms. The third-order valence-electron chi connectivity index (χ3n) is 2.64. The average molecular weight is 213 g/mol. The molecule has 0 aliphatic carbocycles. The smallest absolute Gasteiger partial charge is 0.123 e. The van der Waals surface area contributed by atoms with Gasteiger partial charge in [-0.1, -0.05) is 18.7 Å². The van der Waals surface area contributed by atoms with Gasteiger partial charge in [-0.3, -0.25) is 0 Å². The fourth-order valence-corrected chi connectivity index (χ4v) is 1.66. The van der Waals surface area contributed by atoms with Crippen LogP contribution in [0.4, 0.5) is 0 Å². The molecule has 0 saturated heterocycles. The minimum atomic E-state index is 0.909. The van der Waals surface area contributed by atoms with Gasteiger partial charge in [0.25, 0.3) is 0 Å². The van der Waals surface area contributed by atoms with Crippen molar-refractivity contribution in [3.8, 4) is 11.4 Å². The van der Waals surface area contributed by atoms with Gasteiger partial charge in [0, 0.05) is 24.1 Å². The van der Waals surface area contributed by atoms with Gasteiger partial charge >= 0.3 is 0 Å². The quantitative estimate of drug-likeness (QED) is 0.761. The van der Waals surface area contributed by atoms with Crippen LogP contribution < -0.4 is 4.74 Å². The average Bonchev–Trinajstić information content (AvgIpc) is 2.78. The molecule has 0 atom stereocenters. The van der Waals surface area contributed by atoms with E-state index in [1.54, 1.807) is 7.11 Å². The largest absolute Gasteiger partial charge is 0.496 e. The number of benzene rings is 1. The van der Waals surface area contributed by atoms with Crippen molar-refractivity contribution >= 4 is 6.08 Å². The Labute approximate surface area is 95.8 Å². The summed E-state index contributed by atoms with van der Waals surface area (Å²) in [5.41, 5.74) is 3.34. The molecule has 16 heavy (non-hydrogen) atoms. The molecule has 0 unspecified atom stereocenters. The zero-order valence-corrected chi connectivity index (χ0v) is 9.60. The first kappa shape index (κ1) is 10.6. The standard InChI is InChI=1S/C14H15NO/c1-4-12-7-8-15(10-12)13-6-5-11(2)14(9-13)16-3/h4-10H,1H2,2-3H3. The summed E-state index contributed by atoms with van der Waals surface area (Å²) >= 11 is 0. The van der Waals surface area contributed by atoms with Gasteiger partial charge in [0.15, 0.2) is 0 Å². The maximum atomic E-state index is 5.31. The van der Waals surface area contributed by atoms with E-state index in [9.17, 15) is 0 Å². The van der Waals surface area contributed by atoms with Crippen LogP contribution in [0.2, 0.25) is 0 Å². The van der Waals surface area contributed by atoms with Crippen LogP contribution in [0, 0.1) is 6.92 Å². The first-order valence-electron chi connectivity index (χ1n) is 5.20. The zero-order chi connectivity index (χ0) is 11.5. The van der Waals surface area contributed by atoms with Gasteiger partial charge in [0.2, 0.25) is 0 Å². The number of ether oxygens (including phenoxy) is 1. The summed E-state index contributed by atoms with van der Waals surface area (Å²) in [5, 5.41) is 0. The zero-order valence-electron chi connectivity index (χ0n) is 9.60. The van der Waals surface area contributed by atoms with E-state index in [1.807, 2.05) is 37.5 Å². The second kappa shape index (κ2) is 4.27. The number of aromatic nitrogens is 1. The number of hydrogen-bond donors (Lipinski definition) is 0. The molecule has 0 spiro atoms. The van der Waals surface area contributed by atoms with Crippen LogP contribution >= 0.6 is 0 Å². The summed E-state index contributed by atoms with van der Waals surface area (Å²) in [7, 11) is 1.69. The third kappa shape index (κ3) is 1.87. The van der Waals surface area contributed by atoms with Crippen molar-refractivity contribution in [1.29, 1.82) is 0 Å². The SMILES string of the molecule is C=Cc1ccn(-c2ccc(C)c(OC)c2)c1. The van der Waals surface area contributed by atoms with Crippen molar-refractivity contribution < 1.29 is 4.74 Å². The molecule has 0 saturated carbocycles. The Morgan fingerprint density at radius 1 is 1.31 bits per heavy atom. The van der Waals surface area contributed by atoms with Gasteiger partial charge in [-0.15, -0.1) is 0 Å². The summed E-state index contributed by atoms with van der Waals surface area (Å²) in [6, 6.07) is 8.19. The van der Waals surface area contributed by atoms with Gasteiger partial charge in [0.05, 0.1) is 7.11 Å². The van der Waals surface area contributed by atoms with Crippen LogP contribution in [-0.4, -0.2) is 11.7 Å². The normalized spacial score (nSPS) is 10.1. The van der Waals surface area contributed by atoms with E-state index in [0.717, 1.165) is 22.6 Å². The number of methoxy groups -OCH3 is 1. The third-order valence-corrected chi connectivity index (χ3v) is 2.64. The minimum absolute atomic E-state index is 0.909. The van der Waals surface area contributed by atoms with E-state index in [4.69, 9.17) is 4.74 Å². The van der Waals surface area contributed by atoms with Crippen molar-refractivity contribution in [3.05, 3.63) is 54.4 Å². The molecule has 2 aromatic rings. The Morgan fingerprint density at radius 2 is 2.12 bits per heavy atom. The Hall–Kier alpha value is -1.96. The Bertz CT molecular complexity index is 511. The molecule has 1 heterocycles. The number of nitrogens with zero attached hydrogens (tertiary/aromatic N) is 1. The van der Waals surface area contributed by atoms with Crippen molar-refractivity contribution in [1.82, 2.24) is 4.57 Å². The van der Waals surface area contributed by atoms with Crippen molar-refractivity contribution in [2.45, 2.75) is 6.92 Å². The minimum Gasteiger partial charge on any atom is -0.496 e. The highest BCUT2D eigenvalue weighted by Gasteiger charge is 2.02. The lowest BCUT2D eigenvalue weighted by molar-refractivity contribution is 0.411. The highest BCUT2D eigenvalue weighted by molar-refractivity contribution is 5.50. The molecular weight excluding hydrogens is 198 g/mol. The lowest BCUT2D eigenvalue weighted by Gasteiger charge is -2.08. The number of hydrogen-bond acceptors (Lipinski definition) is 1. The first-order chi connectivity index (χ1) is 7.74. The van der Waals surface area contributed by atoms with Crippen LogP contribution in [0.15, 0.2) is 43.2 Å². The fraction of sp³-hybridized carbons (Fsp3) is 0.143. The Balaban J connectivity index is 2.43. The van der Waals surface area contributed by atoms with Crippen LogP contribution in [0.5, 0.6) is 5.75 Å². The predicted octanol–water partition coefficient (Wildman–Crippen LogP) is 3.44. The molecule has 0 aliphatic heterocycles. The Kier molecular flexibility index (Phi) is 2.82. The van der Waals surface area contributed by atoms with Gasteiger partial charge in [-0.25, -0.2) is 0 Å². The van der Waals surface area contributed by atoms with Crippen molar-refractivity contribution in [2.24, 2.45) is 0 Å². The topological polar surface area (TPSA) is 14.2 Å². The second-order valence-corrected chi connectivity index (χ2v) is 3.71. The molecule has 1 aromatic carbocycles. The summed E-state index contributed by atoms with van der Waals surface area (Å²) in [5.74, 6) is 0.909. The maximum Gasteiger partial charge on any atom is 0.123 e. The summed E-state index contributed by atoms with van der Waals surface area (Å²) < 4.78 is 7.36. The van der Waals surface area contributed by atoms with Crippen LogP contribution in [-0.2, 0) is 0 Å².